The van der Waals surface area contributed by atoms with E-state index in [1.54, 1.807) is 11.3 Å². The lowest BCUT2D eigenvalue weighted by Crippen LogP contribution is -2.21. The SMILES string of the molecule is CCNC(c1ccccc1Cl)c1sccc1Cl. The molecule has 2 aromatic rings. The molecule has 0 spiro atoms. The molecule has 0 saturated carbocycles. The van der Waals surface area contributed by atoms with Gasteiger partial charge in [0.1, 0.15) is 0 Å². The van der Waals surface area contributed by atoms with Gasteiger partial charge < -0.3 is 5.32 Å². The molecule has 17 heavy (non-hydrogen) atoms. The fourth-order valence-electron chi connectivity index (χ4n) is 1.77. The Bertz CT molecular complexity index is 496. The van der Waals surface area contributed by atoms with Crippen molar-refractivity contribution >= 4 is 34.5 Å². The van der Waals surface area contributed by atoms with E-state index in [2.05, 4.69) is 12.2 Å². The molecule has 0 fully saturated rings. The van der Waals surface area contributed by atoms with Crippen molar-refractivity contribution in [2.75, 3.05) is 6.54 Å². The molecule has 2 rings (SSSR count). The zero-order chi connectivity index (χ0) is 12.3. The first-order valence-electron chi connectivity index (χ1n) is 5.44. The third-order valence-electron chi connectivity index (χ3n) is 2.53. The van der Waals surface area contributed by atoms with E-state index in [-0.39, 0.29) is 6.04 Å². The summed E-state index contributed by atoms with van der Waals surface area (Å²) < 4.78 is 0. The minimum atomic E-state index is 0.0706. The van der Waals surface area contributed by atoms with Crippen LogP contribution in [0.4, 0.5) is 0 Å². The maximum atomic E-state index is 6.25. The van der Waals surface area contributed by atoms with Gasteiger partial charge in [0.15, 0.2) is 0 Å². The van der Waals surface area contributed by atoms with Crippen LogP contribution in [0.3, 0.4) is 0 Å². The average Bonchev–Trinajstić information content (AvgIpc) is 2.74. The van der Waals surface area contributed by atoms with Gasteiger partial charge in [0, 0.05) is 9.90 Å². The number of hydrogen-bond donors (Lipinski definition) is 1. The quantitative estimate of drug-likeness (QED) is 0.855. The highest BCUT2D eigenvalue weighted by Crippen LogP contribution is 2.35. The third kappa shape index (κ3) is 2.83. The predicted molar refractivity (Wildman–Crippen MR) is 76.3 cm³/mol. The number of rotatable bonds is 4. The molecule has 1 aromatic carbocycles. The van der Waals surface area contributed by atoms with Crippen LogP contribution in [-0.4, -0.2) is 6.54 Å². The second-order valence-corrected chi connectivity index (χ2v) is 5.41. The molecule has 1 N–H and O–H groups in total. The van der Waals surface area contributed by atoms with Crippen LogP contribution in [0.5, 0.6) is 0 Å². The first-order valence-corrected chi connectivity index (χ1v) is 7.08. The maximum Gasteiger partial charge on any atom is 0.0700 e. The molecule has 0 aliphatic carbocycles. The minimum absolute atomic E-state index is 0.0706. The maximum absolute atomic E-state index is 6.25. The number of thiophene rings is 1. The van der Waals surface area contributed by atoms with E-state index in [9.17, 15) is 0 Å². The van der Waals surface area contributed by atoms with Gasteiger partial charge in [-0.3, -0.25) is 0 Å². The zero-order valence-corrected chi connectivity index (χ0v) is 11.7. The van der Waals surface area contributed by atoms with Crippen LogP contribution in [-0.2, 0) is 0 Å². The summed E-state index contributed by atoms with van der Waals surface area (Å²) >= 11 is 14.1. The van der Waals surface area contributed by atoms with E-state index in [4.69, 9.17) is 23.2 Å². The number of benzene rings is 1. The lowest BCUT2D eigenvalue weighted by atomic mass is 10.1. The first kappa shape index (κ1) is 12.9. The van der Waals surface area contributed by atoms with Gasteiger partial charge in [0.05, 0.1) is 11.1 Å². The van der Waals surface area contributed by atoms with Gasteiger partial charge in [-0.1, -0.05) is 48.3 Å². The van der Waals surface area contributed by atoms with Crippen LogP contribution in [0.15, 0.2) is 35.7 Å². The Balaban J connectivity index is 2.43. The van der Waals surface area contributed by atoms with Crippen LogP contribution in [0.2, 0.25) is 10.0 Å². The molecule has 4 heteroatoms. The highest BCUT2D eigenvalue weighted by Gasteiger charge is 2.19. The highest BCUT2D eigenvalue weighted by molar-refractivity contribution is 7.10. The molecule has 1 atom stereocenters. The van der Waals surface area contributed by atoms with Gasteiger partial charge in [-0.2, -0.15) is 0 Å². The van der Waals surface area contributed by atoms with Gasteiger partial charge in [-0.05, 0) is 29.6 Å². The molecule has 0 aliphatic heterocycles. The second kappa shape index (κ2) is 5.87. The van der Waals surface area contributed by atoms with Crippen LogP contribution >= 0.6 is 34.5 Å². The van der Waals surface area contributed by atoms with E-state index in [1.807, 2.05) is 35.7 Å². The molecule has 90 valence electrons. The average molecular weight is 286 g/mol. The van der Waals surface area contributed by atoms with Crippen LogP contribution in [0.1, 0.15) is 23.4 Å². The largest absolute Gasteiger partial charge is 0.306 e. The Kier molecular flexibility index (Phi) is 4.46. The van der Waals surface area contributed by atoms with E-state index in [0.29, 0.717) is 0 Å². The molecule has 0 aliphatic rings. The molecule has 0 saturated heterocycles. The molecular formula is C13H13Cl2NS. The van der Waals surface area contributed by atoms with Gasteiger partial charge in [-0.25, -0.2) is 0 Å². The fourth-order valence-corrected chi connectivity index (χ4v) is 3.27. The van der Waals surface area contributed by atoms with E-state index in [0.717, 1.165) is 27.0 Å². The Hall–Kier alpha value is -0.540. The molecule has 0 radical (unpaired) electrons. The van der Waals surface area contributed by atoms with Gasteiger partial charge >= 0.3 is 0 Å². The minimum Gasteiger partial charge on any atom is -0.306 e. The third-order valence-corrected chi connectivity index (χ3v) is 4.30. The van der Waals surface area contributed by atoms with Crippen LogP contribution < -0.4 is 5.32 Å². The summed E-state index contributed by atoms with van der Waals surface area (Å²) in [4.78, 5) is 1.11. The second-order valence-electron chi connectivity index (χ2n) is 3.64. The summed E-state index contributed by atoms with van der Waals surface area (Å²) in [6.07, 6.45) is 0. The predicted octanol–water partition coefficient (Wildman–Crippen LogP) is 4.75. The van der Waals surface area contributed by atoms with Gasteiger partial charge in [0.2, 0.25) is 0 Å². The topological polar surface area (TPSA) is 12.0 Å². The van der Waals surface area contributed by atoms with E-state index < -0.39 is 0 Å². The van der Waals surface area contributed by atoms with Crippen molar-refractivity contribution in [2.24, 2.45) is 0 Å². The monoisotopic (exact) mass is 285 g/mol. The van der Waals surface area contributed by atoms with Crippen LogP contribution in [0.25, 0.3) is 0 Å². The molecule has 1 nitrogen and oxygen atoms in total. The molecular weight excluding hydrogens is 273 g/mol. The fraction of sp³-hybridized carbons (Fsp3) is 0.231. The first-order chi connectivity index (χ1) is 8.24. The zero-order valence-electron chi connectivity index (χ0n) is 9.41. The Labute approximate surface area is 115 Å². The van der Waals surface area contributed by atoms with Crippen LogP contribution in [0, 0.1) is 0 Å². The number of halogens is 2. The van der Waals surface area contributed by atoms with Gasteiger partial charge in [0.25, 0.3) is 0 Å². The molecule has 0 amide bonds. The number of nitrogens with one attached hydrogen (secondary N) is 1. The smallest absolute Gasteiger partial charge is 0.0700 e. The standard InChI is InChI=1S/C13H13Cl2NS/c1-2-16-12(13-11(15)7-8-17-13)9-5-3-4-6-10(9)14/h3-8,12,16H,2H2,1H3. The Morgan fingerprint density at radius 3 is 2.53 bits per heavy atom. The lowest BCUT2D eigenvalue weighted by molar-refractivity contribution is 0.640. The van der Waals surface area contributed by atoms with Crippen molar-refractivity contribution < 1.29 is 0 Å². The van der Waals surface area contributed by atoms with E-state index >= 15 is 0 Å². The molecule has 1 unspecified atom stereocenters. The summed E-state index contributed by atoms with van der Waals surface area (Å²) in [5.41, 5.74) is 1.07. The van der Waals surface area contributed by atoms with Gasteiger partial charge in [-0.15, -0.1) is 11.3 Å². The van der Waals surface area contributed by atoms with Crippen molar-refractivity contribution in [3.05, 3.63) is 56.2 Å². The normalized spacial score (nSPS) is 12.6. The summed E-state index contributed by atoms with van der Waals surface area (Å²) in [7, 11) is 0. The Morgan fingerprint density at radius 2 is 1.94 bits per heavy atom. The van der Waals surface area contributed by atoms with E-state index in [1.165, 1.54) is 0 Å². The summed E-state index contributed by atoms with van der Waals surface area (Å²) in [6.45, 7) is 2.94. The molecule has 1 heterocycles. The summed E-state index contributed by atoms with van der Waals surface area (Å²) in [5, 5.41) is 6.98. The van der Waals surface area contributed by atoms with Crippen molar-refractivity contribution in [1.29, 1.82) is 0 Å². The summed E-state index contributed by atoms with van der Waals surface area (Å²) in [5.74, 6) is 0. The number of hydrogen-bond acceptors (Lipinski definition) is 2. The summed E-state index contributed by atoms with van der Waals surface area (Å²) in [6, 6.07) is 9.86. The molecule has 0 bridgehead atoms. The lowest BCUT2D eigenvalue weighted by Gasteiger charge is -2.18. The van der Waals surface area contributed by atoms with Crippen molar-refractivity contribution in [3.63, 3.8) is 0 Å². The van der Waals surface area contributed by atoms with Crippen molar-refractivity contribution in [2.45, 2.75) is 13.0 Å². The van der Waals surface area contributed by atoms with Crippen molar-refractivity contribution in [3.8, 4) is 0 Å². The molecule has 1 aromatic heterocycles. The highest BCUT2D eigenvalue weighted by atomic mass is 35.5. The Morgan fingerprint density at radius 1 is 1.18 bits per heavy atom. The van der Waals surface area contributed by atoms with Crippen molar-refractivity contribution in [1.82, 2.24) is 5.32 Å².